The van der Waals surface area contributed by atoms with Crippen molar-refractivity contribution in [2.45, 2.75) is 32.4 Å². The molecule has 1 aromatic carbocycles. The van der Waals surface area contributed by atoms with Crippen LogP contribution in [-0.2, 0) is 9.59 Å². The summed E-state index contributed by atoms with van der Waals surface area (Å²) in [7, 11) is 0. The molecule has 0 aliphatic carbocycles. The standard InChI is InChI=1S/C16H20N2O4/c1-10-5-6-18(16(20)11(2)17-8-19)15(10)12-3-4-13-14(7-12)22-9-21-13/h3-4,7-8,10-11,15H,5-6,9H2,1-2H3,(H,17,19)/t10?,11?,15-/m0/s1. The molecule has 2 heterocycles. The third-order valence-electron chi connectivity index (χ3n) is 4.41. The molecule has 0 bridgehead atoms. The number of fused-ring (bicyclic) bond motifs is 1. The van der Waals surface area contributed by atoms with Gasteiger partial charge in [-0.3, -0.25) is 9.59 Å². The Morgan fingerprint density at radius 2 is 2.18 bits per heavy atom. The third kappa shape index (κ3) is 2.49. The van der Waals surface area contributed by atoms with Crippen LogP contribution in [0.5, 0.6) is 11.5 Å². The van der Waals surface area contributed by atoms with Gasteiger partial charge in [-0.25, -0.2) is 0 Å². The zero-order chi connectivity index (χ0) is 15.7. The number of ether oxygens (including phenoxy) is 2. The minimum atomic E-state index is -0.515. The summed E-state index contributed by atoms with van der Waals surface area (Å²) < 4.78 is 10.8. The normalized spacial score (nSPS) is 24.2. The molecule has 3 rings (SSSR count). The molecule has 1 fully saturated rings. The molecule has 2 aliphatic heterocycles. The maximum atomic E-state index is 12.5. The second kappa shape index (κ2) is 5.87. The van der Waals surface area contributed by atoms with E-state index in [0.29, 0.717) is 18.9 Å². The van der Waals surface area contributed by atoms with Crippen molar-refractivity contribution in [3.8, 4) is 11.5 Å². The number of rotatable bonds is 4. The summed E-state index contributed by atoms with van der Waals surface area (Å²) in [6.45, 7) is 4.78. The molecule has 6 nitrogen and oxygen atoms in total. The Morgan fingerprint density at radius 3 is 2.95 bits per heavy atom. The number of nitrogens with zero attached hydrogens (tertiary/aromatic N) is 1. The first kappa shape index (κ1) is 14.7. The predicted molar refractivity (Wildman–Crippen MR) is 79.5 cm³/mol. The summed E-state index contributed by atoms with van der Waals surface area (Å²) in [5, 5.41) is 2.53. The van der Waals surface area contributed by atoms with E-state index >= 15 is 0 Å². The van der Waals surface area contributed by atoms with Crippen molar-refractivity contribution in [2.75, 3.05) is 13.3 Å². The molecule has 2 amide bonds. The fourth-order valence-electron chi connectivity index (χ4n) is 3.22. The highest BCUT2D eigenvalue weighted by Gasteiger charge is 2.37. The number of carbonyl (C=O) groups excluding carboxylic acids is 2. The third-order valence-corrected chi connectivity index (χ3v) is 4.41. The number of likely N-dealkylation sites (tertiary alicyclic amines) is 1. The van der Waals surface area contributed by atoms with E-state index in [1.807, 2.05) is 23.1 Å². The maximum absolute atomic E-state index is 12.5. The quantitative estimate of drug-likeness (QED) is 0.855. The van der Waals surface area contributed by atoms with Crippen LogP contribution in [0.15, 0.2) is 18.2 Å². The van der Waals surface area contributed by atoms with Crippen LogP contribution in [0.25, 0.3) is 0 Å². The summed E-state index contributed by atoms with van der Waals surface area (Å²) >= 11 is 0. The highest BCUT2D eigenvalue weighted by atomic mass is 16.7. The molecule has 2 aliphatic rings. The Labute approximate surface area is 129 Å². The number of carbonyl (C=O) groups is 2. The van der Waals surface area contributed by atoms with Crippen molar-refractivity contribution < 1.29 is 19.1 Å². The smallest absolute Gasteiger partial charge is 0.245 e. The van der Waals surface area contributed by atoms with Crippen molar-refractivity contribution >= 4 is 12.3 Å². The summed E-state index contributed by atoms with van der Waals surface area (Å²) in [4.78, 5) is 25.0. The molecule has 118 valence electrons. The Hall–Kier alpha value is -2.24. The lowest BCUT2D eigenvalue weighted by molar-refractivity contribution is -0.135. The van der Waals surface area contributed by atoms with E-state index in [1.165, 1.54) is 0 Å². The predicted octanol–water partition coefficient (Wildman–Crippen LogP) is 1.46. The minimum Gasteiger partial charge on any atom is -0.454 e. The Balaban J connectivity index is 1.86. The monoisotopic (exact) mass is 304 g/mol. The van der Waals surface area contributed by atoms with Crippen LogP contribution < -0.4 is 14.8 Å². The van der Waals surface area contributed by atoms with Crippen molar-refractivity contribution in [2.24, 2.45) is 5.92 Å². The van der Waals surface area contributed by atoms with Crippen molar-refractivity contribution in [3.05, 3.63) is 23.8 Å². The van der Waals surface area contributed by atoms with Crippen molar-refractivity contribution in [3.63, 3.8) is 0 Å². The lowest BCUT2D eigenvalue weighted by Gasteiger charge is -2.29. The van der Waals surface area contributed by atoms with Gasteiger partial charge < -0.3 is 19.7 Å². The van der Waals surface area contributed by atoms with Crippen LogP contribution in [0.1, 0.15) is 31.9 Å². The van der Waals surface area contributed by atoms with E-state index in [-0.39, 0.29) is 18.7 Å². The number of hydrogen-bond donors (Lipinski definition) is 1. The fraction of sp³-hybridized carbons (Fsp3) is 0.500. The van der Waals surface area contributed by atoms with Crippen LogP contribution in [0, 0.1) is 5.92 Å². The van der Waals surface area contributed by atoms with Crippen LogP contribution in [0.4, 0.5) is 0 Å². The van der Waals surface area contributed by atoms with Crippen LogP contribution in [-0.4, -0.2) is 36.6 Å². The fourth-order valence-corrected chi connectivity index (χ4v) is 3.22. The van der Waals surface area contributed by atoms with Gasteiger partial charge >= 0.3 is 0 Å². The van der Waals surface area contributed by atoms with Crippen molar-refractivity contribution in [1.29, 1.82) is 0 Å². The van der Waals surface area contributed by atoms with Gasteiger partial charge in [-0.15, -0.1) is 0 Å². The number of benzene rings is 1. The molecule has 0 saturated carbocycles. The first-order valence-corrected chi connectivity index (χ1v) is 7.51. The first-order valence-electron chi connectivity index (χ1n) is 7.51. The summed E-state index contributed by atoms with van der Waals surface area (Å²) in [5.74, 6) is 1.76. The van der Waals surface area contributed by atoms with Crippen LogP contribution in [0.3, 0.4) is 0 Å². The van der Waals surface area contributed by atoms with E-state index in [1.54, 1.807) is 6.92 Å². The zero-order valence-electron chi connectivity index (χ0n) is 12.7. The lowest BCUT2D eigenvalue weighted by atomic mass is 9.95. The average Bonchev–Trinajstić information content (AvgIpc) is 3.12. The van der Waals surface area contributed by atoms with E-state index in [0.717, 1.165) is 23.5 Å². The molecule has 1 saturated heterocycles. The van der Waals surface area contributed by atoms with Crippen molar-refractivity contribution in [1.82, 2.24) is 10.2 Å². The molecule has 2 unspecified atom stereocenters. The largest absolute Gasteiger partial charge is 0.454 e. The summed E-state index contributed by atoms with van der Waals surface area (Å²) in [5.41, 5.74) is 1.04. The van der Waals surface area contributed by atoms with Gasteiger partial charge in [0.25, 0.3) is 0 Å². The molecule has 0 spiro atoms. The number of nitrogens with one attached hydrogen (secondary N) is 1. The first-order chi connectivity index (χ1) is 10.6. The SMILES string of the molecule is CC(NC=O)C(=O)N1CCC(C)[C@H]1c1ccc2c(c1)OCO2. The molecule has 0 radical (unpaired) electrons. The second-order valence-electron chi connectivity index (χ2n) is 5.86. The number of amides is 2. The average molecular weight is 304 g/mol. The molecule has 22 heavy (non-hydrogen) atoms. The summed E-state index contributed by atoms with van der Waals surface area (Å²) in [6.07, 6.45) is 1.51. The van der Waals surface area contributed by atoms with Gasteiger partial charge in [0.15, 0.2) is 11.5 Å². The molecule has 3 atom stereocenters. The highest BCUT2D eigenvalue weighted by molar-refractivity contribution is 5.84. The van der Waals surface area contributed by atoms with Gasteiger partial charge in [0, 0.05) is 6.54 Å². The molecular formula is C16H20N2O4. The minimum absolute atomic E-state index is 0.00194. The van der Waals surface area contributed by atoms with E-state index in [2.05, 4.69) is 12.2 Å². The van der Waals surface area contributed by atoms with E-state index in [9.17, 15) is 9.59 Å². The van der Waals surface area contributed by atoms with E-state index in [4.69, 9.17) is 9.47 Å². The van der Waals surface area contributed by atoms with Gasteiger partial charge in [0.2, 0.25) is 19.1 Å². The molecule has 1 aromatic rings. The Bertz CT molecular complexity index is 590. The van der Waals surface area contributed by atoms with Crippen LogP contribution >= 0.6 is 0 Å². The molecule has 6 heteroatoms. The van der Waals surface area contributed by atoms with Gasteiger partial charge in [-0.05, 0) is 37.0 Å². The van der Waals surface area contributed by atoms with Gasteiger partial charge in [-0.2, -0.15) is 0 Å². The molecule has 0 aromatic heterocycles. The lowest BCUT2D eigenvalue weighted by Crippen LogP contribution is -2.44. The second-order valence-corrected chi connectivity index (χ2v) is 5.86. The Kier molecular flexibility index (Phi) is 3.92. The van der Waals surface area contributed by atoms with Gasteiger partial charge in [-0.1, -0.05) is 13.0 Å². The van der Waals surface area contributed by atoms with Crippen LogP contribution in [0.2, 0.25) is 0 Å². The topological polar surface area (TPSA) is 67.9 Å². The zero-order valence-corrected chi connectivity index (χ0v) is 12.7. The van der Waals surface area contributed by atoms with Gasteiger partial charge in [0.05, 0.1) is 6.04 Å². The van der Waals surface area contributed by atoms with E-state index < -0.39 is 6.04 Å². The highest BCUT2D eigenvalue weighted by Crippen LogP contribution is 2.41. The maximum Gasteiger partial charge on any atom is 0.245 e. The Morgan fingerprint density at radius 1 is 1.41 bits per heavy atom. The molecular weight excluding hydrogens is 284 g/mol. The van der Waals surface area contributed by atoms with Gasteiger partial charge in [0.1, 0.15) is 6.04 Å². The number of hydrogen-bond acceptors (Lipinski definition) is 4. The summed E-state index contributed by atoms with van der Waals surface area (Å²) in [6, 6.07) is 5.31. The molecule has 1 N–H and O–H groups in total.